The van der Waals surface area contributed by atoms with Gasteiger partial charge in [0.1, 0.15) is 12.0 Å². The van der Waals surface area contributed by atoms with Crippen molar-refractivity contribution in [1.82, 2.24) is 25.4 Å². The van der Waals surface area contributed by atoms with Gasteiger partial charge in [0.15, 0.2) is 12.0 Å². The first-order valence-electron chi connectivity index (χ1n) is 3.96. The number of carbonyl (C=O) groups is 1. The highest BCUT2D eigenvalue weighted by Gasteiger charge is 2.10. The molecule has 70 valence electrons. The van der Waals surface area contributed by atoms with Gasteiger partial charge >= 0.3 is 0 Å². The lowest BCUT2D eigenvalue weighted by atomic mass is 10.2. The first-order chi connectivity index (χ1) is 6.81. The van der Waals surface area contributed by atoms with E-state index in [1.165, 1.54) is 6.33 Å². The minimum Gasteiger partial charge on any atom is -0.296 e. The molecule has 14 heavy (non-hydrogen) atoms. The van der Waals surface area contributed by atoms with Crippen molar-refractivity contribution >= 4 is 6.29 Å². The van der Waals surface area contributed by atoms with Gasteiger partial charge in [-0.25, -0.2) is 9.97 Å². The summed E-state index contributed by atoms with van der Waals surface area (Å²) in [5, 5.41) is 9.89. The van der Waals surface area contributed by atoms with Crippen LogP contribution in [-0.2, 0) is 0 Å². The lowest BCUT2D eigenvalue weighted by Gasteiger charge is -1.95. The molecule has 0 saturated heterocycles. The van der Waals surface area contributed by atoms with Crippen LogP contribution in [0.3, 0.4) is 0 Å². The van der Waals surface area contributed by atoms with Gasteiger partial charge in [-0.1, -0.05) is 0 Å². The quantitative estimate of drug-likeness (QED) is 0.690. The van der Waals surface area contributed by atoms with Gasteiger partial charge in [0.25, 0.3) is 0 Å². The van der Waals surface area contributed by atoms with Crippen LogP contribution in [0.15, 0.2) is 12.4 Å². The number of carbonyl (C=O) groups excluding carboxylic acids is 1. The predicted octanol–water partition coefficient (Wildman–Crippen LogP) is 0.383. The van der Waals surface area contributed by atoms with Crippen molar-refractivity contribution < 1.29 is 4.79 Å². The molecule has 0 radical (unpaired) electrons. The van der Waals surface area contributed by atoms with Crippen molar-refractivity contribution in [2.24, 2.45) is 0 Å². The third-order valence-corrected chi connectivity index (χ3v) is 1.73. The molecule has 0 saturated carbocycles. The normalized spacial score (nSPS) is 10.1. The average Bonchev–Trinajstić information content (AvgIpc) is 2.65. The second-order valence-corrected chi connectivity index (χ2v) is 2.72. The maximum Gasteiger partial charge on any atom is 0.172 e. The lowest BCUT2D eigenvalue weighted by molar-refractivity contribution is 0.111. The fourth-order valence-electron chi connectivity index (χ4n) is 1.09. The van der Waals surface area contributed by atoms with Gasteiger partial charge in [-0.05, 0) is 13.0 Å². The highest BCUT2D eigenvalue weighted by atomic mass is 16.1. The van der Waals surface area contributed by atoms with Crippen molar-refractivity contribution in [3.05, 3.63) is 23.8 Å². The second-order valence-electron chi connectivity index (χ2n) is 2.72. The van der Waals surface area contributed by atoms with Gasteiger partial charge in [-0.3, -0.25) is 4.79 Å². The van der Waals surface area contributed by atoms with E-state index in [9.17, 15) is 4.79 Å². The Hall–Kier alpha value is -2.11. The zero-order valence-electron chi connectivity index (χ0n) is 7.43. The second kappa shape index (κ2) is 3.33. The summed E-state index contributed by atoms with van der Waals surface area (Å²) in [5.74, 6) is 0. The summed E-state index contributed by atoms with van der Waals surface area (Å²) < 4.78 is 0. The molecule has 0 atom stereocenters. The van der Waals surface area contributed by atoms with Crippen LogP contribution in [0.2, 0.25) is 0 Å². The monoisotopic (exact) mass is 189 g/mol. The third-order valence-electron chi connectivity index (χ3n) is 1.73. The molecule has 0 aliphatic heterocycles. The van der Waals surface area contributed by atoms with E-state index in [1.807, 2.05) is 6.92 Å². The molecule has 0 bridgehead atoms. The molecule has 0 aliphatic carbocycles. The summed E-state index contributed by atoms with van der Waals surface area (Å²) in [5.41, 5.74) is 2.11. The Morgan fingerprint density at radius 3 is 2.93 bits per heavy atom. The number of aromatic amines is 1. The number of rotatable bonds is 2. The maximum atomic E-state index is 10.6. The lowest BCUT2D eigenvalue weighted by Crippen LogP contribution is -1.91. The van der Waals surface area contributed by atoms with Crippen LogP contribution in [0.4, 0.5) is 0 Å². The Labute approximate surface area is 79.4 Å². The largest absolute Gasteiger partial charge is 0.296 e. The van der Waals surface area contributed by atoms with Gasteiger partial charge in [-0.15, -0.1) is 0 Å². The van der Waals surface area contributed by atoms with Crippen LogP contribution in [-0.4, -0.2) is 31.7 Å². The number of aromatic nitrogens is 5. The molecular weight excluding hydrogens is 182 g/mol. The zero-order chi connectivity index (χ0) is 9.97. The molecule has 2 heterocycles. The fourth-order valence-corrected chi connectivity index (χ4v) is 1.09. The first kappa shape index (κ1) is 8.49. The molecular formula is C8H7N5O. The number of nitrogens with zero attached hydrogens (tertiary/aromatic N) is 4. The van der Waals surface area contributed by atoms with Crippen LogP contribution >= 0.6 is 0 Å². The summed E-state index contributed by atoms with van der Waals surface area (Å²) >= 11 is 0. The predicted molar refractivity (Wildman–Crippen MR) is 47.5 cm³/mol. The summed E-state index contributed by atoms with van der Waals surface area (Å²) in [4.78, 5) is 18.5. The minimum atomic E-state index is 0.253. The smallest absolute Gasteiger partial charge is 0.172 e. The minimum absolute atomic E-state index is 0.253. The molecule has 0 aliphatic rings. The summed E-state index contributed by atoms with van der Waals surface area (Å²) in [6.07, 6.45) is 2.06. The van der Waals surface area contributed by atoms with Gasteiger partial charge < -0.3 is 0 Å². The van der Waals surface area contributed by atoms with Crippen molar-refractivity contribution in [2.45, 2.75) is 6.92 Å². The number of aldehydes is 1. The molecule has 0 spiro atoms. The van der Waals surface area contributed by atoms with E-state index in [0.717, 1.165) is 5.69 Å². The van der Waals surface area contributed by atoms with E-state index < -0.39 is 0 Å². The van der Waals surface area contributed by atoms with Gasteiger partial charge in [0.2, 0.25) is 0 Å². The highest BCUT2D eigenvalue weighted by Crippen LogP contribution is 2.15. The number of hydrogen-bond donors (Lipinski definition) is 1. The number of aryl methyl sites for hydroxylation is 1. The van der Waals surface area contributed by atoms with E-state index in [4.69, 9.17) is 0 Å². The van der Waals surface area contributed by atoms with Crippen LogP contribution in [0.25, 0.3) is 11.4 Å². The van der Waals surface area contributed by atoms with E-state index in [0.29, 0.717) is 17.7 Å². The molecule has 0 unspecified atom stereocenters. The molecule has 0 aromatic carbocycles. The standard InChI is InChI=1S/C8H7N5O/c1-5-2-6(10-4-9-5)8-7(3-14)11-13-12-8/h2-4H,1H3,(H,11,12,13). The van der Waals surface area contributed by atoms with Gasteiger partial charge in [-0.2, -0.15) is 15.4 Å². The Balaban J connectivity index is 2.54. The van der Waals surface area contributed by atoms with Crippen molar-refractivity contribution in [3.63, 3.8) is 0 Å². The Morgan fingerprint density at radius 2 is 2.21 bits per heavy atom. The molecule has 0 amide bonds. The number of hydrogen-bond acceptors (Lipinski definition) is 5. The van der Waals surface area contributed by atoms with Crippen LogP contribution in [0.5, 0.6) is 0 Å². The SMILES string of the molecule is Cc1cc(-c2n[nH]nc2C=O)ncn1. The summed E-state index contributed by atoms with van der Waals surface area (Å²) in [7, 11) is 0. The van der Waals surface area contributed by atoms with Crippen molar-refractivity contribution in [1.29, 1.82) is 0 Å². The van der Waals surface area contributed by atoms with Crippen molar-refractivity contribution in [3.8, 4) is 11.4 Å². The number of H-pyrrole nitrogens is 1. The number of nitrogens with one attached hydrogen (secondary N) is 1. The molecule has 1 N–H and O–H groups in total. The zero-order valence-corrected chi connectivity index (χ0v) is 7.43. The highest BCUT2D eigenvalue weighted by molar-refractivity contribution is 5.81. The Bertz CT molecular complexity index is 464. The molecule has 0 fully saturated rings. The fraction of sp³-hybridized carbons (Fsp3) is 0.125. The summed E-state index contributed by atoms with van der Waals surface area (Å²) in [6, 6.07) is 1.74. The van der Waals surface area contributed by atoms with E-state index in [-0.39, 0.29) is 5.69 Å². The average molecular weight is 189 g/mol. The summed E-state index contributed by atoms with van der Waals surface area (Å²) in [6.45, 7) is 1.84. The van der Waals surface area contributed by atoms with Crippen molar-refractivity contribution in [2.75, 3.05) is 0 Å². The van der Waals surface area contributed by atoms with Crippen LogP contribution < -0.4 is 0 Å². The molecule has 2 aromatic heterocycles. The van der Waals surface area contributed by atoms with Gasteiger partial charge in [0.05, 0.1) is 5.69 Å². The van der Waals surface area contributed by atoms with E-state index in [2.05, 4.69) is 25.4 Å². The topological polar surface area (TPSA) is 84.4 Å². The van der Waals surface area contributed by atoms with Crippen LogP contribution in [0, 0.1) is 6.92 Å². The molecule has 2 rings (SSSR count). The first-order valence-corrected chi connectivity index (χ1v) is 3.96. The maximum absolute atomic E-state index is 10.6. The Kier molecular flexibility index (Phi) is 2.02. The van der Waals surface area contributed by atoms with Crippen LogP contribution in [0.1, 0.15) is 16.2 Å². The molecule has 2 aromatic rings. The Morgan fingerprint density at radius 1 is 1.36 bits per heavy atom. The molecule has 6 heteroatoms. The van der Waals surface area contributed by atoms with E-state index in [1.54, 1.807) is 6.07 Å². The third kappa shape index (κ3) is 1.37. The van der Waals surface area contributed by atoms with Gasteiger partial charge in [0, 0.05) is 5.69 Å². The van der Waals surface area contributed by atoms with E-state index >= 15 is 0 Å². The molecule has 6 nitrogen and oxygen atoms in total.